The van der Waals surface area contributed by atoms with Crippen LogP contribution in [0.25, 0.3) is 0 Å². The molecule has 0 aromatic heterocycles. The summed E-state index contributed by atoms with van der Waals surface area (Å²) in [7, 11) is 1.38. The minimum atomic E-state index is -0.355. The molecule has 0 amide bonds. The van der Waals surface area contributed by atoms with Crippen molar-refractivity contribution in [2.45, 2.75) is 55.0 Å². The summed E-state index contributed by atoms with van der Waals surface area (Å²) in [4.78, 5) is 11.3. The number of carbonyl (C=O) groups excluding carboxylic acids is 1. The van der Waals surface area contributed by atoms with Crippen LogP contribution >= 0.6 is 23.5 Å². The molecule has 0 aliphatic carbocycles. The number of carbonyl (C=O) groups is 1. The molecule has 2 saturated heterocycles. The van der Waals surface area contributed by atoms with Gasteiger partial charge in [-0.1, -0.05) is 0 Å². The van der Waals surface area contributed by atoms with E-state index in [1.807, 2.05) is 23.5 Å². The first-order chi connectivity index (χ1) is 9.17. The van der Waals surface area contributed by atoms with Crippen LogP contribution in [0.15, 0.2) is 0 Å². The smallest absolute Gasteiger partial charge is 0.308 e. The molecule has 0 saturated carbocycles. The van der Waals surface area contributed by atoms with Gasteiger partial charge in [0.05, 0.1) is 36.4 Å². The number of aliphatic hydroxyl groups is 1. The molecular weight excluding hydrogens is 284 g/mol. The Morgan fingerprint density at radius 1 is 1.32 bits per heavy atom. The lowest BCUT2D eigenvalue weighted by atomic mass is 9.98. The molecule has 0 aromatic carbocycles. The van der Waals surface area contributed by atoms with Crippen LogP contribution in [0, 0.1) is 0 Å². The van der Waals surface area contributed by atoms with E-state index in [2.05, 4.69) is 4.74 Å². The van der Waals surface area contributed by atoms with Crippen LogP contribution < -0.4 is 0 Å². The molecule has 2 rings (SSSR count). The Balaban J connectivity index is 1.81. The van der Waals surface area contributed by atoms with Gasteiger partial charge < -0.3 is 14.6 Å². The molecule has 0 radical (unpaired) electrons. The summed E-state index contributed by atoms with van der Waals surface area (Å²) in [5.41, 5.74) is 0. The van der Waals surface area contributed by atoms with Gasteiger partial charge in [-0.3, -0.25) is 4.79 Å². The monoisotopic (exact) mass is 306 g/mol. The first-order valence-electron chi connectivity index (χ1n) is 6.81. The third-order valence-corrected chi connectivity index (χ3v) is 6.42. The van der Waals surface area contributed by atoms with Crippen LogP contribution in [0.4, 0.5) is 0 Å². The van der Waals surface area contributed by atoms with Crippen molar-refractivity contribution < 1.29 is 19.4 Å². The number of methoxy groups -OCH3 is 1. The molecule has 3 atom stereocenters. The molecule has 19 heavy (non-hydrogen) atoms. The minimum Gasteiger partial charge on any atom is -0.469 e. The zero-order chi connectivity index (χ0) is 13.7. The van der Waals surface area contributed by atoms with Crippen LogP contribution in [0.3, 0.4) is 0 Å². The van der Waals surface area contributed by atoms with Crippen LogP contribution in [0.1, 0.15) is 32.1 Å². The topological polar surface area (TPSA) is 55.8 Å². The number of hydrogen-bond acceptors (Lipinski definition) is 6. The van der Waals surface area contributed by atoms with Gasteiger partial charge in [0.1, 0.15) is 0 Å². The van der Waals surface area contributed by atoms with Crippen molar-refractivity contribution in [2.24, 2.45) is 0 Å². The third-order valence-electron chi connectivity index (χ3n) is 3.43. The lowest BCUT2D eigenvalue weighted by Gasteiger charge is -2.35. The highest BCUT2D eigenvalue weighted by atomic mass is 32.2. The van der Waals surface area contributed by atoms with Crippen molar-refractivity contribution in [1.29, 1.82) is 0 Å². The number of hydrogen-bond donors (Lipinski definition) is 1. The standard InChI is InChI=1S/C13H22O4S2/c1-16-12(15)7-10-5-9(14)6-11(17-10)8-13-18-3-2-4-19-13/h9-11,13-14H,2-8H2,1H3/t9-,10-,11+/m1/s1. The fourth-order valence-electron chi connectivity index (χ4n) is 2.53. The largest absolute Gasteiger partial charge is 0.469 e. The normalized spacial score (nSPS) is 33.1. The quantitative estimate of drug-likeness (QED) is 0.802. The fraction of sp³-hybridized carbons (Fsp3) is 0.923. The maximum absolute atomic E-state index is 11.3. The highest BCUT2D eigenvalue weighted by molar-refractivity contribution is 8.17. The lowest BCUT2D eigenvalue weighted by molar-refractivity contribution is -0.150. The Bertz CT molecular complexity index is 294. The highest BCUT2D eigenvalue weighted by Crippen LogP contribution is 2.36. The maximum Gasteiger partial charge on any atom is 0.308 e. The van der Waals surface area contributed by atoms with E-state index in [1.165, 1.54) is 25.0 Å². The van der Waals surface area contributed by atoms with E-state index in [1.54, 1.807) is 0 Å². The number of aliphatic hydroxyl groups excluding tert-OH is 1. The molecule has 6 heteroatoms. The predicted octanol–water partition coefficient (Wildman–Crippen LogP) is 2.04. The van der Waals surface area contributed by atoms with Crippen molar-refractivity contribution in [3.8, 4) is 0 Å². The van der Waals surface area contributed by atoms with Crippen molar-refractivity contribution in [2.75, 3.05) is 18.6 Å². The van der Waals surface area contributed by atoms with Crippen LogP contribution in [0.2, 0.25) is 0 Å². The van der Waals surface area contributed by atoms with Gasteiger partial charge in [0.2, 0.25) is 0 Å². The summed E-state index contributed by atoms with van der Waals surface area (Å²) >= 11 is 3.97. The SMILES string of the molecule is COC(=O)C[C@H]1C[C@@H](O)C[C@@H](CC2SCCCS2)O1. The van der Waals surface area contributed by atoms with Crippen molar-refractivity contribution in [1.82, 2.24) is 0 Å². The molecule has 2 aliphatic rings. The predicted molar refractivity (Wildman–Crippen MR) is 78.5 cm³/mol. The second-order valence-electron chi connectivity index (χ2n) is 5.05. The van der Waals surface area contributed by atoms with Gasteiger partial charge in [0, 0.05) is 6.42 Å². The van der Waals surface area contributed by atoms with Gasteiger partial charge >= 0.3 is 5.97 Å². The summed E-state index contributed by atoms with van der Waals surface area (Å²) in [5.74, 6) is 2.18. The molecule has 2 aliphatic heterocycles. The molecule has 0 unspecified atom stereocenters. The van der Waals surface area contributed by atoms with Crippen LogP contribution in [-0.2, 0) is 14.3 Å². The number of ether oxygens (including phenoxy) is 2. The average molecular weight is 306 g/mol. The van der Waals surface area contributed by atoms with Crippen LogP contribution in [0.5, 0.6) is 0 Å². The zero-order valence-corrected chi connectivity index (χ0v) is 12.9. The minimum absolute atomic E-state index is 0.0708. The zero-order valence-electron chi connectivity index (χ0n) is 11.2. The third kappa shape index (κ3) is 5.17. The van der Waals surface area contributed by atoms with E-state index in [-0.39, 0.29) is 30.7 Å². The lowest BCUT2D eigenvalue weighted by Crippen LogP contribution is -2.38. The summed E-state index contributed by atoms with van der Waals surface area (Å²) in [6.45, 7) is 0. The fourth-order valence-corrected chi connectivity index (χ4v) is 5.52. The van der Waals surface area contributed by atoms with E-state index >= 15 is 0 Å². The summed E-state index contributed by atoms with van der Waals surface area (Å²) < 4.78 is 11.2. The highest BCUT2D eigenvalue weighted by Gasteiger charge is 2.32. The van der Waals surface area contributed by atoms with E-state index in [0.717, 1.165) is 6.42 Å². The van der Waals surface area contributed by atoms with Gasteiger partial charge in [-0.15, -0.1) is 23.5 Å². The first kappa shape index (κ1) is 15.5. The molecule has 2 heterocycles. The van der Waals surface area contributed by atoms with Crippen molar-refractivity contribution >= 4 is 29.5 Å². The molecule has 0 bridgehead atoms. The van der Waals surface area contributed by atoms with Gasteiger partial charge in [-0.05, 0) is 30.8 Å². The van der Waals surface area contributed by atoms with E-state index in [4.69, 9.17) is 4.74 Å². The average Bonchev–Trinajstić information content (AvgIpc) is 2.39. The second-order valence-corrected chi connectivity index (χ2v) is 7.97. The Morgan fingerprint density at radius 2 is 2.00 bits per heavy atom. The molecule has 0 aromatic rings. The Kier molecular flexibility index (Phi) is 6.32. The molecule has 2 fully saturated rings. The first-order valence-corrected chi connectivity index (χ1v) is 8.90. The molecule has 0 spiro atoms. The van der Waals surface area contributed by atoms with Gasteiger partial charge in [0.25, 0.3) is 0 Å². The van der Waals surface area contributed by atoms with Crippen LogP contribution in [-0.4, -0.2) is 52.6 Å². The van der Waals surface area contributed by atoms with Crippen molar-refractivity contribution in [3.63, 3.8) is 0 Å². The van der Waals surface area contributed by atoms with E-state index < -0.39 is 0 Å². The number of thioether (sulfide) groups is 2. The molecule has 110 valence electrons. The van der Waals surface area contributed by atoms with E-state index in [9.17, 15) is 9.90 Å². The summed E-state index contributed by atoms with van der Waals surface area (Å²) in [6, 6.07) is 0. The van der Waals surface area contributed by atoms with E-state index in [0.29, 0.717) is 17.4 Å². The molecule has 4 nitrogen and oxygen atoms in total. The Morgan fingerprint density at radius 3 is 2.68 bits per heavy atom. The van der Waals surface area contributed by atoms with Gasteiger partial charge in [0.15, 0.2) is 0 Å². The summed E-state index contributed by atoms with van der Waals surface area (Å²) in [5, 5.41) is 9.92. The number of esters is 1. The number of rotatable bonds is 4. The Hall–Kier alpha value is 0.0900. The van der Waals surface area contributed by atoms with Crippen molar-refractivity contribution in [3.05, 3.63) is 0 Å². The second kappa shape index (κ2) is 7.76. The van der Waals surface area contributed by atoms with Gasteiger partial charge in [-0.2, -0.15) is 0 Å². The molecule has 1 N–H and O–H groups in total. The van der Waals surface area contributed by atoms with Gasteiger partial charge in [-0.25, -0.2) is 0 Å². The maximum atomic E-state index is 11.3. The summed E-state index contributed by atoms with van der Waals surface area (Å²) in [6.07, 6.45) is 3.24. The Labute approximate surface area is 123 Å². The molecular formula is C13H22O4S2.